The number of halogens is 1. The molecule has 0 spiro atoms. The minimum absolute atomic E-state index is 0.0844. The molecule has 0 radical (unpaired) electrons. The summed E-state index contributed by atoms with van der Waals surface area (Å²) >= 11 is 0. The Kier molecular flexibility index (Phi) is 4.53. The molecular weight excluding hydrogens is 243 g/mol. The average Bonchev–Trinajstić information content (AvgIpc) is 2.39. The van der Waals surface area contributed by atoms with E-state index in [-0.39, 0.29) is 17.6 Å². The van der Waals surface area contributed by atoms with E-state index in [1.54, 1.807) is 12.1 Å². The van der Waals surface area contributed by atoms with Gasteiger partial charge in [-0.25, -0.2) is 4.39 Å². The Morgan fingerprint density at radius 1 is 1.53 bits per heavy atom. The highest BCUT2D eigenvalue weighted by molar-refractivity contribution is 5.77. The van der Waals surface area contributed by atoms with Crippen molar-refractivity contribution in [2.24, 2.45) is 0 Å². The number of carbonyl (C=O) groups excluding carboxylic acids is 1. The Balaban J connectivity index is 1.97. The van der Waals surface area contributed by atoms with Crippen LogP contribution in [0.1, 0.15) is 31.7 Å². The summed E-state index contributed by atoms with van der Waals surface area (Å²) in [6, 6.07) is 7.02. The van der Waals surface area contributed by atoms with Crippen molar-refractivity contribution in [1.29, 1.82) is 0 Å². The van der Waals surface area contributed by atoms with Gasteiger partial charge in [0.05, 0.1) is 0 Å². The van der Waals surface area contributed by atoms with Gasteiger partial charge in [-0.3, -0.25) is 4.79 Å². The van der Waals surface area contributed by atoms with Crippen molar-refractivity contribution in [3.05, 3.63) is 35.6 Å². The number of piperazine rings is 1. The van der Waals surface area contributed by atoms with E-state index in [1.807, 2.05) is 17.9 Å². The highest BCUT2D eigenvalue weighted by Crippen LogP contribution is 2.22. The summed E-state index contributed by atoms with van der Waals surface area (Å²) in [6.07, 6.45) is 0.369. The molecule has 0 aromatic heterocycles. The van der Waals surface area contributed by atoms with Crippen LogP contribution in [-0.2, 0) is 4.79 Å². The molecule has 1 aromatic rings. The molecule has 3 nitrogen and oxygen atoms in total. The van der Waals surface area contributed by atoms with E-state index < -0.39 is 0 Å². The van der Waals surface area contributed by atoms with Gasteiger partial charge in [0.1, 0.15) is 5.82 Å². The zero-order valence-electron chi connectivity index (χ0n) is 11.5. The van der Waals surface area contributed by atoms with Crippen molar-refractivity contribution in [3.8, 4) is 0 Å². The van der Waals surface area contributed by atoms with Gasteiger partial charge in [-0.05, 0) is 24.5 Å². The third-order valence-corrected chi connectivity index (χ3v) is 3.64. The van der Waals surface area contributed by atoms with Crippen molar-refractivity contribution in [3.63, 3.8) is 0 Å². The SMILES string of the molecule is C[C@H](CC(=O)N1CCN[C@@H](C)C1)c1ccccc1F. The Morgan fingerprint density at radius 2 is 2.26 bits per heavy atom. The molecule has 1 N–H and O–H groups in total. The van der Waals surface area contributed by atoms with Crippen molar-refractivity contribution in [2.75, 3.05) is 19.6 Å². The summed E-state index contributed by atoms with van der Waals surface area (Å²) in [7, 11) is 0. The summed E-state index contributed by atoms with van der Waals surface area (Å²) in [6.45, 7) is 6.29. The second-order valence-corrected chi connectivity index (χ2v) is 5.32. The molecule has 19 heavy (non-hydrogen) atoms. The van der Waals surface area contributed by atoms with Gasteiger partial charge >= 0.3 is 0 Å². The highest BCUT2D eigenvalue weighted by Gasteiger charge is 2.23. The second-order valence-electron chi connectivity index (χ2n) is 5.32. The van der Waals surface area contributed by atoms with Crippen LogP contribution >= 0.6 is 0 Å². The van der Waals surface area contributed by atoms with Crippen molar-refractivity contribution in [2.45, 2.75) is 32.2 Å². The summed E-state index contributed by atoms with van der Waals surface area (Å²) < 4.78 is 13.7. The van der Waals surface area contributed by atoms with Crippen LogP contribution in [0.3, 0.4) is 0 Å². The predicted octanol–water partition coefficient (Wildman–Crippen LogP) is 2.14. The van der Waals surface area contributed by atoms with Gasteiger partial charge in [0.2, 0.25) is 5.91 Å². The normalized spacial score (nSPS) is 21.2. The lowest BCUT2D eigenvalue weighted by atomic mass is 9.96. The maximum atomic E-state index is 13.7. The van der Waals surface area contributed by atoms with E-state index in [0.29, 0.717) is 18.0 Å². The van der Waals surface area contributed by atoms with Crippen LogP contribution in [0.15, 0.2) is 24.3 Å². The van der Waals surface area contributed by atoms with Crippen LogP contribution in [0.25, 0.3) is 0 Å². The van der Waals surface area contributed by atoms with Gasteiger partial charge in [0, 0.05) is 32.1 Å². The Labute approximate surface area is 113 Å². The first-order valence-corrected chi connectivity index (χ1v) is 6.83. The monoisotopic (exact) mass is 264 g/mol. The minimum Gasteiger partial charge on any atom is -0.340 e. The van der Waals surface area contributed by atoms with Gasteiger partial charge in [0.15, 0.2) is 0 Å². The lowest BCUT2D eigenvalue weighted by Gasteiger charge is -2.32. The van der Waals surface area contributed by atoms with E-state index in [9.17, 15) is 9.18 Å². The molecule has 2 atom stereocenters. The molecule has 0 aliphatic carbocycles. The molecule has 0 saturated carbocycles. The van der Waals surface area contributed by atoms with Gasteiger partial charge in [0.25, 0.3) is 0 Å². The third-order valence-electron chi connectivity index (χ3n) is 3.64. The molecule has 0 unspecified atom stereocenters. The Bertz CT molecular complexity index is 450. The number of hydrogen-bond acceptors (Lipinski definition) is 2. The first-order valence-electron chi connectivity index (χ1n) is 6.83. The number of amides is 1. The largest absolute Gasteiger partial charge is 0.340 e. The number of rotatable bonds is 3. The molecule has 1 heterocycles. The molecule has 1 amide bonds. The van der Waals surface area contributed by atoms with Gasteiger partial charge in [-0.1, -0.05) is 25.1 Å². The van der Waals surface area contributed by atoms with Crippen molar-refractivity contribution in [1.82, 2.24) is 10.2 Å². The van der Waals surface area contributed by atoms with E-state index in [0.717, 1.165) is 19.6 Å². The van der Waals surface area contributed by atoms with Gasteiger partial charge < -0.3 is 10.2 Å². The molecule has 1 fully saturated rings. The van der Waals surface area contributed by atoms with Crippen LogP contribution in [0.4, 0.5) is 4.39 Å². The zero-order chi connectivity index (χ0) is 13.8. The Morgan fingerprint density at radius 3 is 2.95 bits per heavy atom. The first kappa shape index (κ1) is 14.0. The lowest BCUT2D eigenvalue weighted by molar-refractivity contribution is -0.132. The van der Waals surface area contributed by atoms with Crippen LogP contribution < -0.4 is 5.32 Å². The van der Waals surface area contributed by atoms with Crippen LogP contribution in [0.5, 0.6) is 0 Å². The number of nitrogens with zero attached hydrogens (tertiary/aromatic N) is 1. The topological polar surface area (TPSA) is 32.3 Å². The number of benzene rings is 1. The number of carbonyl (C=O) groups is 1. The fraction of sp³-hybridized carbons (Fsp3) is 0.533. The fourth-order valence-corrected chi connectivity index (χ4v) is 2.53. The van der Waals surface area contributed by atoms with E-state index >= 15 is 0 Å². The highest BCUT2D eigenvalue weighted by atomic mass is 19.1. The van der Waals surface area contributed by atoms with E-state index in [4.69, 9.17) is 0 Å². The molecule has 1 aliphatic rings. The van der Waals surface area contributed by atoms with Crippen LogP contribution in [0, 0.1) is 5.82 Å². The molecule has 1 saturated heterocycles. The minimum atomic E-state index is -0.225. The molecule has 4 heteroatoms. The molecule has 1 aromatic carbocycles. The maximum absolute atomic E-state index is 13.7. The average molecular weight is 264 g/mol. The summed E-state index contributed by atoms with van der Waals surface area (Å²) in [5.41, 5.74) is 0.624. The number of nitrogens with one attached hydrogen (secondary N) is 1. The predicted molar refractivity (Wildman–Crippen MR) is 73.5 cm³/mol. The molecule has 1 aliphatic heterocycles. The Hall–Kier alpha value is -1.42. The molecule has 2 rings (SSSR count). The third kappa shape index (κ3) is 3.53. The lowest BCUT2D eigenvalue weighted by Crippen LogP contribution is -2.51. The summed E-state index contributed by atoms with van der Waals surface area (Å²) in [4.78, 5) is 14.1. The van der Waals surface area contributed by atoms with Crippen molar-refractivity contribution < 1.29 is 9.18 Å². The molecular formula is C15H21FN2O. The van der Waals surface area contributed by atoms with E-state index in [2.05, 4.69) is 12.2 Å². The zero-order valence-corrected chi connectivity index (χ0v) is 11.5. The quantitative estimate of drug-likeness (QED) is 0.907. The van der Waals surface area contributed by atoms with Crippen LogP contribution in [-0.4, -0.2) is 36.5 Å². The fourth-order valence-electron chi connectivity index (χ4n) is 2.53. The number of hydrogen-bond donors (Lipinski definition) is 1. The maximum Gasteiger partial charge on any atom is 0.223 e. The molecule has 104 valence electrons. The first-order chi connectivity index (χ1) is 9.08. The summed E-state index contributed by atoms with van der Waals surface area (Å²) in [5.74, 6) is -0.195. The molecule has 0 bridgehead atoms. The van der Waals surface area contributed by atoms with Crippen molar-refractivity contribution >= 4 is 5.91 Å². The van der Waals surface area contributed by atoms with Gasteiger partial charge in [-0.15, -0.1) is 0 Å². The summed E-state index contributed by atoms with van der Waals surface area (Å²) in [5, 5.41) is 3.31. The second kappa shape index (κ2) is 6.15. The smallest absolute Gasteiger partial charge is 0.223 e. The van der Waals surface area contributed by atoms with Crippen LogP contribution in [0.2, 0.25) is 0 Å². The van der Waals surface area contributed by atoms with Gasteiger partial charge in [-0.2, -0.15) is 0 Å². The standard InChI is InChI=1S/C15H21FN2O/c1-11(13-5-3-4-6-14(13)16)9-15(19)18-8-7-17-12(2)10-18/h3-6,11-12,17H,7-10H2,1-2H3/t11-,12+/m1/s1. The van der Waals surface area contributed by atoms with E-state index in [1.165, 1.54) is 6.07 Å².